The molecule has 0 aliphatic rings. The highest BCUT2D eigenvalue weighted by Gasteiger charge is 2.57. The van der Waals surface area contributed by atoms with Crippen LogP contribution in [0.1, 0.15) is 12.0 Å². The van der Waals surface area contributed by atoms with Gasteiger partial charge in [0.25, 0.3) is 0 Å². The predicted molar refractivity (Wildman–Crippen MR) is 73.9 cm³/mol. The summed E-state index contributed by atoms with van der Waals surface area (Å²) in [5.74, 6) is -0.252. The van der Waals surface area contributed by atoms with E-state index in [-0.39, 0.29) is 23.9 Å². The minimum absolute atomic E-state index is 0.240. The van der Waals surface area contributed by atoms with Crippen LogP contribution in [0.2, 0.25) is 0 Å². The average Bonchev–Trinajstić information content (AvgIpc) is 2.32. The van der Waals surface area contributed by atoms with Gasteiger partial charge in [-0.3, -0.25) is 0 Å². The molecule has 0 bridgehead atoms. The van der Waals surface area contributed by atoms with Crippen molar-refractivity contribution in [2.24, 2.45) is 0 Å². The number of hydrogen-bond acceptors (Lipinski definition) is 2. The molecule has 0 aliphatic heterocycles. The second kappa shape index (κ2) is 7.61. The fourth-order valence-corrected chi connectivity index (χ4v) is 2.51. The number of rotatable bonds is 7. The molecular formula is C12H13BrF5NS. The third-order valence-electron chi connectivity index (χ3n) is 2.33. The van der Waals surface area contributed by atoms with Crippen molar-refractivity contribution in [3.63, 3.8) is 0 Å². The van der Waals surface area contributed by atoms with E-state index in [1.165, 1.54) is 0 Å². The lowest BCUT2D eigenvalue weighted by atomic mass is 10.2. The SMILES string of the molecule is FC(F)(F)C(F)(F)SCCCNCc1cccc(Br)c1. The molecule has 0 spiro atoms. The molecule has 1 aromatic carbocycles. The van der Waals surface area contributed by atoms with Crippen molar-refractivity contribution in [1.29, 1.82) is 0 Å². The van der Waals surface area contributed by atoms with E-state index < -0.39 is 11.4 Å². The largest absolute Gasteiger partial charge is 0.464 e. The smallest absolute Gasteiger partial charge is 0.313 e. The second-order valence-electron chi connectivity index (χ2n) is 4.02. The summed E-state index contributed by atoms with van der Waals surface area (Å²) in [4.78, 5) is 0. The third kappa shape index (κ3) is 5.97. The van der Waals surface area contributed by atoms with Gasteiger partial charge in [-0.1, -0.05) is 39.8 Å². The third-order valence-corrected chi connectivity index (χ3v) is 3.91. The first-order valence-corrected chi connectivity index (χ1v) is 7.54. The molecule has 0 saturated carbocycles. The highest BCUT2D eigenvalue weighted by molar-refractivity contribution is 9.10. The van der Waals surface area contributed by atoms with E-state index in [1.807, 2.05) is 24.3 Å². The lowest BCUT2D eigenvalue weighted by Crippen LogP contribution is -2.33. The van der Waals surface area contributed by atoms with Gasteiger partial charge in [0.1, 0.15) is 0 Å². The van der Waals surface area contributed by atoms with Gasteiger partial charge in [-0.15, -0.1) is 0 Å². The number of benzene rings is 1. The maximum atomic E-state index is 12.6. The minimum Gasteiger partial charge on any atom is -0.313 e. The molecule has 0 radical (unpaired) electrons. The van der Waals surface area contributed by atoms with Crippen molar-refractivity contribution in [2.45, 2.75) is 24.4 Å². The first-order chi connectivity index (χ1) is 9.22. The van der Waals surface area contributed by atoms with E-state index in [9.17, 15) is 22.0 Å². The Morgan fingerprint density at radius 1 is 1.15 bits per heavy atom. The molecule has 8 heteroatoms. The Kier molecular flexibility index (Phi) is 6.74. The Bertz CT molecular complexity index is 425. The van der Waals surface area contributed by atoms with Crippen LogP contribution in [-0.2, 0) is 6.54 Å². The van der Waals surface area contributed by atoms with Crippen LogP contribution < -0.4 is 5.32 Å². The molecule has 0 saturated heterocycles. The van der Waals surface area contributed by atoms with E-state index in [2.05, 4.69) is 21.2 Å². The monoisotopic (exact) mass is 377 g/mol. The summed E-state index contributed by atoms with van der Waals surface area (Å²) < 4.78 is 61.7. The van der Waals surface area contributed by atoms with E-state index in [1.54, 1.807) is 0 Å². The van der Waals surface area contributed by atoms with Crippen molar-refractivity contribution in [2.75, 3.05) is 12.3 Å². The molecule has 1 aromatic rings. The maximum absolute atomic E-state index is 12.6. The van der Waals surface area contributed by atoms with Gasteiger partial charge in [0.2, 0.25) is 0 Å². The Labute approximate surface area is 126 Å². The quantitative estimate of drug-likeness (QED) is 0.540. The topological polar surface area (TPSA) is 12.0 Å². The standard InChI is InChI=1S/C12H13BrF5NS/c13-10-4-1-3-9(7-10)8-19-5-2-6-20-12(17,18)11(14,15)16/h1,3-4,7,19H,2,5-6,8H2. The van der Waals surface area contributed by atoms with Crippen LogP contribution >= 0.6 is 27.7 Å². The summed E-state index contributed by atoms with van der Waals surface area (Å²) in [6, 6.07) is 7.53. The zero-order valence-electron chi connectivity index (χ0n) is 10.3. The van der Waals surface area contributed by atoms with Gasteiger partial charge < -0.3 is 5.32 Å². The number of thioether (sulfide) groups is 1. The number of nitrogens with one attached hydrogen (secondary N) is 1. The first-order valence-electron chi connectivity index (χ1n) is 5.76. The second-order valence-corrected chi connectivity index (χ2v) is 6.15. The summed E-state index contributed by atoms with van der Waals surface area (Å²) >= 11 is 2.94. The van der Waals surface area contributed by atoms with Crippen LogP contribution in [0.15, 0.2) is 28.7 Å². The summed E-state index contributed by atoms with van der Waals surface area (Å²) in [5, 5.41) is -1.68. The molecule has 1 rings (SSSR count). The predicted octanol–water partition coefficient (Wildman–Crippen LogP) is 4.82. The molecule has 0 aliphatic carbocycles. The number of halogens is 6. The van der Waals surface area contributed by atoms with Gasteiger partial charge in [-0.2, -0.15) is 22.0 Å². The Morgan fingerprint density at radius 3 is 2.45 bits per heavy atom. The van der Waals surface area contributed by atoms with Crippen molar-refractivity contribution in [3.05, 3.63) is 34.3 Å². The Balaban J connectivity index is 2.17. The van der Waals surface area contributed by atoms with E-state index in [0.717, 1.165) is 10.0 Å². The van der Waals surface area contributed by atoms with Crippen LogP contribution in [0.3, 0.4) is 0 Å². The Morgan fingerprint density at radius 2 is 1.85 bits per heavy atom. The van der Waals surface area contributed by atoms with Gasteiger partial charge in [-0.25, -0.2) is 0 Å². The number of hydrogen-bond donors (Lipinski definition) is 1. The molecule has 0 atom stereocenters. The van der Waals surface area contributed by atoms with Crippen LogP contribution in [-0.4, -0.2) is 23.7 Å². The molecule has 0 fully saturated rings. The molecule has 0 unspecified atom stereocenters. The summed E-state index contributed by atoms with van der Waals surface area (Å²) in [6.45, 7) is 0.924. The highest BCUT2D eigenvalue weighted by atomic mass is 79.9. The van der Waals surface area contributed by atoms with Crippen LogP contribution in [0.25, 0.3) is 0 Å². The van der Waals surface area contributed by atoms with Crippen molar-refractivity contribution >= 4 is 27.7 Å². The van der Waals surface area contributed by atoms with Crippen LogP contribution in [0, 0.1) is 0 Å². The van der Waals surface area contributed by atoms with Gasteiger partial charge in [0.05, 0.1) is 0 Å². The van der Waals surface area contributed by atoms with Gasteiger partial charge >= 0.3 is 11.4 Å². The van der Waals surface area contributed by atoms with Crippen molar-refractivity contribution < 1.29 is 22.0 Å². The lowest BCUT2D eigenvalue weighted by Gasteiger charge is -2.18. The molecule has 1 nitrogen and oxygen atoms in total. The van der Waals surface area contributed by atoms with E-state index >= 15 is 0 Å². The molecule has 114 valence electrons. The van der Waals surface area contributed by atoms with E-state index in [0.29, 0.717) is 13.1 Å². The highest BCUT2D eigenvalue weighted by Crippen LogP contribution is 2.44. The maximum Gasteiger partial charge on any atom is 0.464 e. The first kappa shape index (κ1) is 17.7. The lowest BCUT2D eigenvalue weighted by molar-refractivity contribution is -0.237. The molecule has 1 N–H and O–H groups in total. The fourth-order valence-electron chi connectivity index (χ4n) is 1.36. The average molecular weight is 378 g/mol. The van der Waals surface area contributed by atoms with Crippen molar-refractivity contribution in [1.82, 2.24) is 5.32 Å². The zero-order chi connectivity index (χ0) is 15.2. The normalized spacial score (nSPS) is 12.7. The molecular weight excluding hydrogens is 365 g/mol. The van der Waals surface area contributed by atoms with Crippen LogP contribution in [0.4, 0.5) is 22.0 Å². The van der Waals surface area contributed by atoms with E-state index in [4.69, 9.17) is 0 Å². The summed E-state index contributed by atoms with van der Waals surface area (Å²) in [6.07, 6.45) is -5.24. The molecule has 20 heavy (non-hydrogen) atoms. The number of alkyl halides is 5. The van der Waals surface area contributed by atoms with Gasteiger partial charge in [-0.05, 0) is 30.7 Å². The zero-order valence-corrected chi connectivity index (χ0v) is 12.7. The fraction of sp³-hybridized carbons (Fsp3) is 0.500. The van der Waals surface area contributed by atoms with Gasteiger partial charge in [0.15, 0.2) is 0 Å². The molecule has 0 heterocycles. The van der Waals surface area contributed by atoms with Crippen molar-refractivity contribution in [3.8, 4) is 0 Å². The minimum atomic E-state index is -5.48. The Hall–Kier alpha value is -0.340. The van der Waals surface area contributed by atoms with Gasteiger partial charge in [0, 0.05) is 16.8 Å². The molecule has 0 aromatic heterocycles. The molecule has 0 amide bonds. The summed E-state index contributed by atoms with van der Waals surface area (Å²) in [5.41, 5.74) is 1.01. The summed E-state index contributed by atoms with van der Waals surface area (Å²) in [7, 11) is 0. The van der Waals surface area contributed by atoms with Crippen LogP contribution in [0.5, 0.6) is 0 Å².